The summed E-state index contributed by atoms with van der Waals surface area (Å²) in [5.74, 6) is 4.35. The van der Waals surface area contributed by atoms with Crippen LogP contribution in [0.4, 0.5) is 5.69 Å². The quantitative estimate of drug-likeness (QED) is 0.779. The first-order valence-electron chi connectivity index (χ1n) is 9.34. The van der Waals surface area contributed by atoms with Crippen LogP contribution in [0.5, 0.6) is 17.4 Å². The molecule has 1 aromatic carbocycles. The van der Waals surface area contributed by atoms with Gasteiger partial charge in [0, 0.05) is 12.0 Å². The Hall–Kier alpha value is -3.04. The van der Waals surface area contributed by atoms with E-state index in [1.807, 2.05) is 25.1 Å². The lowest BCUT2D eigenvalue weighted by molar-refractivity contribution is -0.121. The number of carbonyl (C=O) groups excluding carboxylic acids is 1. The summed E-state index contributed by atoms with van der Waals surface area (Å²) in [6.07, 6.45) is 8.57. The van der Waals surface area contributed by atoms with Crippen molar-refractivity contribution in [3.8, 4) is 29.7 Å². The molecule has 0 saturated carbocycles. The second kappa shape index (κ2) is 9.25. The Kier molecular flexibility index (Phi) is 6.51. The molecule has 0 unspecified atom stereocenters. The van der Waals surface area contributed by atoms with Crippen molar-refractivity contribution in [3.63, 3.8) is 0 Å². The fraction of sp³-hybridized carbons (Fsp3) is 0.364. The minimum Gasteiger partial charge on any atom is -0.493 e. The highest BCUT2D eigenvalue weighted by atomic mass is 16.5. The van der Waals surface area contributed by atoms with Crippen LogP contribution in [-0.4, -0.2) is 42.5 Å². The third kappa shape index (κ3) is 5.02. The van der Waals surface area contributed by atoms with Gasteiger partial charge in [-0.25, -0.2) is 4.98 Å². The van der Waals surface area contributed by atoms with Gasteiger partial charge in [-0.05, 0) is 56.6 Å². The molecule has 1 saturated heterocycles. The van der Waals surface area contributed by atoms with Gasteiger partial charge >= 0.3 is 0 Å². The van der Waals surface area contributed by atoms with E-state index in [1.54, 1.807) is 25.4 Å². The smallest absolute Gasteiger partial charge is 0.227 e. The number of rotatable bonds is 6. The van der Waals surface area contributed by atoms with E-state index in [0.29, 0.717) is 29.6 Å². The molecule has 0 atom stereocenters. The standard InChI is InChI=1S/C22H25N3O3/c1-4-11-25-12-9-17(10-13-25)22(26)24-18-6-8-21(23-15-18)28-19-7-5-16(2)14-20(19)27-3/h1,5-8,14-15,17H,9-13H2,2-3H3,(H,24,26). The van der Waals surface area contributed by atoms with Crippen molar-refractivity contribution in [2.75, 3.05) is 32.1 Å². The number of terminal acetylenes is 1. The summed E-state index contributed by atoms with van der Waals surface area (Å²) >= 11 is 0. The Morgan fingerprint density at radius 2 is 2.07 bits per heavy atom. The van der Waals surface area contributed by atoms with Gasteiger partial charge in [-0.15, -0.1) is 6.42 Å². The monoisotopic (exact) mass is 379 g/mol. The Labute approximate surface area is 165 Å². The number of aromatic nitrogens is 1. The summed E-state index contributed by atoms with van der Waals surface area (Å²) in [5, 5.41) is 2.94. The van der Waals surface area contributed by atoms with Crippen LogP contribution in [0.25, 0.3) is 0 Å². The normalized spacial score (nSPS) is 14.9. The summed E-state index contributed by atoms with van der Waals surface area (Å²) in [6.45, 7) is 4.34. The number of amides is 1. The van der Waals surface area contributed by atoms with Crippen LogP contribution in [0.15, 0.2) is 36.5 Å². The van der Waals surface area contributed by atoms with Gasteiger partial charge < -0.3 is 14.8 Å². The van der Waals surface area contributed by atoms with E-state index in [1.165, 1.54) is 0 Å². The molecule has 1 amide bonds. The molecule has 0 aliphatic carbocycles. The van der Waals surface area contributed by atoms with Crippen molar-refractivity contribution in [1.82, 2.24) is 9.88 Å². The minimum absolute atomic E-state index is 0.00164. The minimum atomic E-state index is 0.00164. The number of hydrogen-bond donors (Lipinski definition) is 1. The average molecular weight is 379 g/mol. The van der Waals surface area contributed by atoms with Crippen molar-refractivity contribution in [3.05, 3.63) is 42.1 Å². The first kappa shape index (κ1) is 19.7. The molecule has 146 valence electrons. The molecule has 0 bridgehead atoms. The molecule has 28 heavy (non-hydrogen) atoms. The average Bonchev–Trinajstić information content (AvgIpc) is 2.71. The molecule has 6 nitrogen and oxygen atoms in total. The third-order valence-corrected chi connectivity index (χ3v) is 4.81. The lowest BCUT2D eigenvalue weighted by Crippen LogP contribution is -2.38. The summed E-state index contributed by atoms with van der Waals surface area (Å²) < 4.78 is 11.1. The van der Waals surface area contributed by atoms with Crippen molar-refractivity contribution >= 4 is 11.6 Å². The highest BCUT2D eigenvalue weighted by Crippen LogP contribution is 2.31. The number of likely N-dealkylation sites (tertiary alicyclic amines) is 1. The number of carbonyl (C=O) groups is 1. The molecule has 0 radical (unpaired) electrons. The lowest BCUT2D eigenvalue weighted by Gasteiger charge is -2.29. The molecule has 1 N–H and O–H groups in total. The first-order valence-corrected chi connectivity index (χ1v) is 9.34. The highest BCUT2D eigenvalue weighted by molar-refractivity contribution is 5.92. The first-order chi connectivity index (χ1) is 13.6. The van der Waals surface area contributed by atoms with Gasteiger partial charge in [-0.3, -0.25) is 9.69 Å². The number of ether oxygens (including phenoxy) is 2. The van der Waals surface area contributed by atoms with Crippen molar-refractivity contribution < 1.29 is 14.3 Å². The van der Waals surface area contributed by atoms with Crippen LogP contribution in [0, 0.1) is 25.2 Å². The molecule has 3 rings (SSSR count). The maximum absolute atomic E-state index is 12.5. The number of hydrogen-bond acceptors (Lipinski definition) is 5. The van der Waals surface area contributed by atoms with Gasteiger partial charge in [0.15, 0.2) is 11.5 Å². The second-order valence-corrected chi connectivity index (χ2v) is 6.89. The van der Waals surface area contributed by atoms with E-state index in [4.69, 9.17) is 15.9 Å². The zero-order chi connectivity index (χ0) is 19.9. The summed E-state index contributed by atoms with van der Waals surface area (Å²) in [5.41, 5.74) is 1.74. The largest absolute Gasteiger partial charge is 0.493 e. The van der Waals surface area contributed by atoms with Crippen LogP contribution in [0.2, 0.25) is 0 Å². The van der Waals surface area contributed by atoms with E-state index in [-0.39, 0.29) is 11.8 Å². The van der Waals surface area contributed by atoms with Crippen molar-refractivity contribution in [2.45, 2.75) is 19.8 Å². The molecule has 1 aromatic heterocycles. The number of benzene rings is 1. The maximum Gasteiger partial charge on any atom is 0.227 e. The predicted octanol–water partition coefficient (Wildman–Crippen LogP) is 3.47. The predicted molar refractivity (Wildman–Crippen MR) is 109 cm³/mol. The fourth-order valence-electron chi connectivity index (χ4n) is 3.21. The summed E-state index contributed by atoms with van der Waals surface area (Å²) in [4.78, 5) is 19.0. The molecule has 0 spiro atoms. The lowest BCUT2D eigenvalue weighted by atomic mass is 9.96. The number of piperidine rings is 1. The molecule has 1 aliphatic rings. The molecular formula is C22H25N3O3. The number of methoxy groups -OCH3 is 1. The molecular weight excluding hydrogens is 354 g/mol. The van der Waals surface area contributed by atoms with Crippen LogP contribution < -0.4 is 14.8 Å². The summed E-state index contributed by atoms with van der Waals surface area (Å²) in [6, 6.07) is 9.21. The van der Waals surface area contributed by atoms with E-state index >= 15 is 0 Å². The van der Waals surface area contributed by atoms with E-state index < -0.39 is 0 Å². The van der Waals surface area contributed by atoms with Gasteiger partial charge in [0.05, 0.1) is 25.5 Å². The molecule has 1 fully saturated rings. The number of nitrogens with zero attached hydrogens (tertiary/aromatic N) is 2. The zero-order valence-electron chi connectivity index (χ0n) is 16.3. The summed E-state index contributed by atoms with van der Waals surface area (Å²) in [7, 11) is 1.60. The third-order valence-electron chi connectivity index (χ3n) is 4.81. The Balaban J connectivity index is 1.56. The zero-order valence-corrected chi connectivity index (χ0v) is 16.3. The van der Waals surface area contributed by atoms with Crippen molar-refractivity contribution in [1.29, 1.82) is 0 Å². The van der Waals surface area contributed by atoms with E-state index in [0.717, 1.165) is 31.5 Å². The molecule has 6 heteroatoms. The molecule has 2 aromatic rings. The number of aryl methyl sites for hydroxylation is 1. The number of anilines is 1. The topological polar surface area (TPSA) is 63.7 Å². The highest BCUT2D eigenvalue weighted by Gasteiger charge is 2.24. The van der Waals surface area contributed by atoms with Crippen LogP contribution in [0.3, 0.4) is 0 Å². The van der Waals surface area contributed by atoms with Crippen LogP contribution in [0.1, 0.15) is 18.4 Å². The van der Waals surface area contributed by atoms with Gasteiger partial charge in [0.2, 0.25) is 11.8 Å². The van der Waals surface area contributed by atoms with Gasteiger partial charge in [0.1, 0.15) is 0 Å². The number of pyridine rings is 1. The van der Waals surface area contributed by atoms with Crippen LogP contribution >= 0.6 is 0 Å². The number of nitrogens with one attached hydrogen (secondary N) is 1. The van der Waals surface area contributed by atoms with Gasteiger partial charge in [-0.2, -0.15) is 0 Å². The van der Waals surface area contributed by atoms with Gasteiger partial charge in [-0.1, -0.05) is 12.0 Å². The Morgan fingerprint density at radius 1 is 1.29 bits per heavy atom. The molecule has 2 heterocycles. The van der Waals surface area contributed by atoms with Crippen LogP contribution in [-0.2, 0) is 4.79 Å². The van der Waals surface area contributed by atoms with Crippen molar-refractivity contribution in [2.24, 2.45) is 5.92 Å². The molecule has 1 aliphatic heterocycles. The fourth-order valence-corrected chi connectivity index (χ4v) is 3.21. The SMILES string of the molecule is C#CCN1CCC(C(=O)Nc2ccc(Oc3ccc(C)cc3OC)nc2)CC1. The van der Waals surface area contributed by atoms with E-state index in [2.05, 4.69) is 21.1 Å². The van der Waals surface area contributed by atoms with Gasteiger partial charge in [0.25, 0.3) is 0 Å². The Bertz CT molecular complexity index is 850. The van der Waals surface area contributed by atoms with E-state index in [9.17, 15) is 4.79 Å². The Morgan fingerprint density at radius 3 is 2.71 bits per heavy atom. The second-order valence-electron chi connectivity index (χ2n) is 6.89. The maximum atomic E-state index is 12.5.